The largest absolute Gasteiger partial charge is 0.573 e. The number of ether oxygens (including phenoxy) is 2. The third-order valence-electron chi connectivity index (χ3n) is 8.90. The maximum absolute atomic E-state index is 14.7. The number of fused-ring (bicyclic) bond motifs is 1. The Morgan fingerprint density at radius 1 is 0.863 bits per heavy atom. The summed E-state index contributed by atoms with van der Waals surface area (Å²) in [5.74, 6) is -3.64. The summed E-state index contributed by atoms with van der Waals surface area (Å²) in [5, 5.41) is 0.480. The second kappa shape index (κ2) is 17.1. The van der Waals surface area contributed by atoms with Crippen LogP contribution in [0.5, 0.6) is 5.75 Å². The molecule has 3 aromatic rings. The Balaban J connectivity index is 1.58. The molecule has 0 aliphatic carbocycles. The Morgan fingerprint density at radius 3 is 2.18 bits per heavy atom. The predicted octanol–water partition coefficient (Wildman–Crippen LogP) is 9.79. The fourth-order valence-corrected chi connectivity index (χ4v) is 6.76. The molecule has 7 nitrogen and oxygen atoms in total. The zero-order valence-electron chi connectivity index (χ0n) is 30.3. The summed E-state index contributed by atoms with van der Waals surface area (Å²) >= 11 is 1.31. The molecule has 0 amide bonds. The van der Waals surface area contributed by atoms with E-state index in [9.17, 15) is 31.5 Å². The minimum Gasteiger partial charge on any atom is -0.465 e. The molecular weight excluding hydrogens is 691 g/mol. The highest BCUT2D eigenvalue weighted by molar-refractivity contribution is 7.99. The second-order valence-electron chi connectivity index (χ2n) is 14.7. The van der Waals surface area contributed by atoms with Crippen LogP contribution in [0.3, 0.4) is 0 Å². The van der Waals surface area contributed by atoms with Crippen molar-refractivity contribution in [2.24, 2.45) is 16.9 Å². The molecule has 1 atom stereocenters. The highest BCUT2D eigenvalue weighted by Gasteiger charge is 2.48. The molecule has 0 fully saturated rings. The van der Waals surface area contributed by atoms with Crippen molar-refractivity contribution in [1.82, 2.24) is 0 Å². The van der Waals surface area contributed by atoms with Crippen molar-refractivity contribution in [1.29, 1.82) is 0 Å². The number of thioether (sulfide) groups is 1. The number of carbonyl (C=O) groups is 1. The van der Waals surface area contributed by atoms with Crippen molar-refractivity contribution >= 4 is 28.7 Å². The average Bonchev–Trinajstić information content (AvgIpc) is 2.99. The molecule has 51 heavy (non-hydrogen) atoms. The summed E-state index contributed by atoms with van der Waals surface area (Å²) in [5.41, 5.74) is 9.62. The van der Waals surface area contributed by atoms with Gasteiger partial charge in [0.25, 0.3) is 0 Å². The minimum atomic E-state index is -4.95. The van der Waals surface area contributed by atoms with Crippen molar-refractivity contribution in [2.75, 3.05) is 12.4 Å². The number of hydrogen-bond donors (Lipinski definition) is 2. The van der Waals surface area contributed by atoms with Gasteiger partial charge in [0.05, 0.1) is 17.6 Å². The van der Waals surface area contributed by atoms with Gasteiger partial charge < -0.3 is 25.4 Å². The summed E-state index contributed by atoms with van der Waals surface area (Å²) < 4.78 is 84.3. The molecule has 0 bridgehead atoms. The molecule has 0 radical (unpaired) electrons. The Hall–Kier alpha value is -3.16. The summed E-state index contributed by atoms with van der Waals surface area (Å²) in [7, 11) is 0. The molecule has 0 saturated heterocycles. The average molecular weight is 743 g/mol. The van der Waals surface area contributed by atoms with Gasteiger partial charge in [-0.25, -0.2) is 13.6 Å². The van der Waals surface area contributed by atoms with Crippen LogP contribution in [-0.4, -0.2) is 41.7 Å². The van der Waals surface area contributed by atoms with Crippen molar-refractivity contribution < 1.29 is 40.6 Å². The van der Waals surface area contributed by atoms with Gasteiger partial charge in [-0.2, -0.15) is 0 Å². The van der Waals surface area contributed by atoms with E-state index in [1.807, 2.05) is 6.92 Å². The van der Waals surface area contributed by atoms with Gasteiger partial charge in [-0.15, -0.1) is 24.9 Å². The minimum absolute atomic E-state index is 0.0163. The normalized spacial score (nSPS) is 14.1. The molecule has 4 N–H and O–H groups in total. The van der Waals surface area contributed by atoms with Crippen LogP contribution in [0.25, 0.3) is 22.1 Å². The molecule has 0 aliphatic rings. The molecular formula is C38H51F5N2O5S. The van der Waals surface area contributed by atoms with Crippen molar-refractivity contribution in [2.45, 2.75) is 128 Å². The zero-order valence-corrected chi connectivity index (χ0v) is 31.1. The Kier molecular flexibility index (Phi) is 14.2. The Labute approximate surface area is 301 Å². The molecule has 0 spiro atoms. The van der Waals surface area contributed by atoms with Crippen LogP contribution >= 0.6 is 11.8 Å². The molecule has 284 valence electrons. The molecule has 1 heterocycles. The number of esters is 1. The molecule has 0 aliphatic heterocycles. The van der Waals surface area contributed by atoms with Crippen LogP contribution in [0.15, 0.2) is 56.6 Å². The van der Waals surface area contributed by atoms with Crippen LogP contribution in [0.4, 0.5) is 22.0 Å². The topological polar surface area (TPSA) is 118 Å². The molecule has 13 heteroatoms. The number of alkyl halides is 5. The van der Waals surface area contributed by atoms with Crippen LogP contribution < -0.4 is 21.8 Å². The van der Waals surface area contributed by atoms with Gasteiger partial charge in [0.1, 0.15) is 11.3 Å². The number of nitrogens with two attached hydrogens (primary N) is 2. The molecule has 1 unspecified atom stereocenters. The van der Waals surface area contributed by atoms with Gasteiger partial charge in [-0.1, -0.05) is 38.0 Å². The van der Waals surface area contributed by atoms with Crippen molar-refractivity contribution in [3.8, 4) is 16.9 Å². The molecule has 0 saturated carbocycles. The number of benzene rings is 2. The van der Waals surface area contributed by atoms with Crippen molar-refractivity contribution in [3.05, 3.63) is 58.4 Å². The monoisotopic (exact) mass is 742 g/mol. The number of halogens is 5. The highest BCUT2D eigenvalue weighted by atomic mass is 32.2. The van der Waals surface area contributed by atoms with E-state index in [2.05, 4.69) is 4.74 Å². The van der Waals surface area contributed by atoms with E-state index in [1.54, 1.807) is 58.9 Å². The van der Waals surface area contributed by atoms with Crippen LogP contribution in [0.1, 0.15) is 98.5 Å². The third kappa shape index (κ3) is 12.8. The van der Waals surface area contributed by atoms with E-state index in [0.29, 0.717) is 28.0 Å². The molecule has 1 aromatic heterocycles. The van der Waals surface area contributed by atoms with Crippen molar-refractivity contribution in [3.63, 3.8) is 0 Å². The quantitative estimate of drug-likeness (QED) is 0.0410. The van der Waals surface area contributed by atoms with E-state index < -0.39 is 52.5 Å². The van der Waals surface area contributed by atoms with E-state index in [0.717, 1.165) is 19.3 Å². The van der Waals surface area contributed by atoms with E-state index in [4.69, 9.17) is 20.6 Å². The summed E-state index contributed by atoms with van der Waals surface area (Å²) in [6, 6.07) is 10.9. The Morgan fingerprint density at radius 2 is 1.55 bits per heavy atom. The van der Waals surface area contributed by atoms with E-state index in [-0.39, 0.29) is 49.0 Å². The standard InChI is InChI=1S/C38H51F5N2O5S/c1-7-8-9-12-25-13-16-28(31(21-25)50-38(41,42)43)29-22-26-14-15-27(23-30(26)49-32(29)46)51-20-11-18-37(39,40)17-10-19-48-33(47)36(6,35(4,5)45)24-34(2,3)44/h13-16,21-23H,7-12,17-20,24,44-45H2,1-6H3. The first kappa shape index (κ1) is 42.3. The lowest BCUT2D eigenvalue weighted by Gasteiger charge is -2.42. The van der Waals surface area contributed by atoms with Gasteiger partial charge in [0, 0.05) is 39.8 Å². The maximum atomic E-state index is 14.7. The van der Waals surface area contributed by atoms with Gasteiger partial charge in [-0.3, -0.25) is 4.79 Å². The van der Waals surface area contributed by atoms with Gasteiger partial charge in [0.15, 0.2) is 0 Å². The predicted molar refractivity (Wildman–Crippen MR) is 192 cm³/mol. The first-order valence-electron chi connectivity index (χ1n) is 17.3. The van der Waals surface area contributed by atoms with Crippen LogP contribution in [0, 0.1) is 5.41 Å². The van der Waals surface area contributed by atoms with Gasteiger partial charge >= 0.3 is 18.0 Å². The van der Waals surface area contributed by atoms with Crippen LogP contribution in [-0.2, 0) is 16.0 Å². The fourth-order valence-electron chi connectivity index (χ4n) is 5.88. The van der Waals surface area contributed by atoms with Crippen LogP contribution in [0.2, 0.25) is 0 Å². The second-order valence-corrected chi connectivity index (χ2v) is 15.9. The number of rotatable bonds is 19. The summed E-state index contributed by atoms with van der Waals surface area (Å²) in [6.45, 7) is 10.5. The smallest absolute Gasteiger partial charge is 0.465 e. The number of unbranched alkanes of at least 4 members (excludes halogenated alkanes) is 2. The first-order chi connectivity index (χ1) is 23.5. The lowest BCUT2D eigenvalue weighted by atomic mass is 9.67. The maximum Gasteiger partial charge on any atom is 0.573 e. The summed E-state index contributed by atoms with van der Waals surface area (Å²) in [4.78, 5) is 26.6. The van der Waals surface area contributed by atoms with E-state index >= 15 is 0 Å². The SMILES string of the molecule is CCCCCc1ccc(-c2cc3ccc(SCCCC(F)(F)CCCOC(=O)C(C)(CC(C)(C)N)C(C)(C)N)cc3oc2=O)c(OC(F)(F)F)c1. The lowest BCUT2D eigenvalue weighted by molar-refractivity contribution is -0.274. The zero-order chi connectivity index (χ0) is 38.3. The molecule has 3 rings (SSSR count). The summed E-state index contributed by atoms with van der Waals surface area (Å²) in [6.07, 6.45) is -2.05. The third-order valence-corrected chi connectivity index (χ3v) is 9.98. The van der Waals surface area contributed by atoms with Gasteiger partial charge in [0.2, 0.25) is 5.92 Å². The Bertz CT molecular complexity index is 1680. The fraction of sp³-hybridized carbons (Fsp3) is 0.579. The molecule has 2 aromatic carbocycles. The number of hydrogen-bond acceptors (Lipinski definition) is 8. The lowest BCUT2D eigenvalue weighted by Crippen LogP contribution is -2.58. The number of aryl methyl sites for hydroxylation is 1. The number of carbonyl (C=O) groups excluding carboxylic acids is 1. The first-order valence-corrected chi connectivity index (χ1v) is 18.2. The highest BCUT2D eigenvalue weighted by Crippen LogP contribution is 2.39. The van der Waals surface area contributed by atoms with E-state index in [1.165, 1.54) is 30.0 Å². The van der Waals surface area contributed by atoms with Gasteiger partial charge in [-0.05, 0) is 102 Å².